The molecule has 3 aliphatic rings. The Bertz CT molecular complexity index is 3150. The Morgan fingerprint density at radius 3 is 1.48 bits per heavy atom. The molecule has 0 bridgehead atoms. The van der Waals surface area contributed by atoms with Gasteiger partial charge in [-0.25, -0.2) is 0 Å². The lowest BCUT2D eigenvalue weighted by Crippen LogP contribution is -2.42. The highest BCUT2D eigenvalue weighted by atomic mass is 15.2. The first kappa shape index (κ1) is 60.3. The number of anilines is 1. The molecule has 0 amide bonds. The van der Waals surface area contributed by atoms with Crippen molar-refractivity contribution in [3.63, 3.8) is 0 Å². The summed E-state index contributed by atoms with van der Waals surface area (Å²) < 4.78 is 0. The van der Waals surface area contributed by atoms with Crippen LogP contribution in [0.4, 0.5) is 5.69 Å². The van der Waals surface area contributed by atoms with Gasteiger partial charge in [-0.2, -0.15) is 0 Å². The molecule has 0 aliphatic heterocycles. The van der Waals surface area contributed by atoms with Crippen LogP contribution in [0.5, 0.6) is 0 Å². The Kier molecular flexibility index (Phi) is 20.9. The molecule has 3 aliphatic carbocycles. The van der Waals surface area contributed by atoms with E-state index >= 15 is 0 Å². The van der Waals surface area contributed by atoms with E-state index in [0.29, 0.717) is 11.8 Å². The summed E-state index contributed by atoms with van der Waals surface area (Å²) in [5, 5.41) is 3.77. The van der Waals surface area contributed by atoms with Crippen molar-refractivity contribution in [2.24, 2.45) is 23.0 Å². The van der Waals surface area contributed by atoms with E-state index in [1.165, 1.54) is 72.6 Å². The van der Waals surface area contributed by atoms with Crippen LogP contribution in [0.15, 0.2) is 248 Å². The molecule has 416 valence electrons. The van der Waals surface area contributed by atoms with E-state index in [1.807, 2.05) is 6.08 Å². The first-order valence-corrected chi connectivity index (χ1v) is 29.7. The van der Waals surface area contributed by atoms with Crippen molar-refractivity contribution in [3.8, 4) is 33.4 Å². The van der Waals surface area contributed by atoms with Gasteiger partial charge in [0.05, 0.1) is 11.1 Å². The van der Waals surface area contributed by atoms with Gasteiger partial charge in [-0.1, -0.05) is 261 Å². The molecule has 3 nitrogen and oxygen atoms in total. The van der Waals surface area contributed by atoms with Gasteiger partial charge in [-0.3, -0.25) is 0 Å². The minimum absolute atomic E-state index is 0.0823. The second-order valence-electron chi connectivity index (χ2n) is 23.9. The topological polar surface area (TPSA) is 41.3 Å². The van der Waals surface area contributed by atoms with Crippen molar-refractivity contribution in [3.05, 3.63) is 270 Å². The van der Waals surface area contributed by atoms with Gasteiger partial charge in [0.1, 0.15) is 0 Å². The average molecular weight is 1060 g/mol. The predicted octanol–water partition coefficient (Wildman–Crippen LogP) is 21.2. The molecule has 0 radical (unpaired) electrons. The lowest BCUT2D eigenvalue weighted by atomic mass is 9.68. The molecule has 3 heteroatoms. The maximum atomic E-state index is 5.27. The smallest absolute Gasteiger partial charge is 0.0777 e. The first-order chi connectivity index (χ1) is 38.4. The Morgan fingerprint density at radius 2 is 1.05 bits per heavy atom. The monoisotopic (exact) mass is 1060 g/mol. The lowest BCUT2D eigenvalue weighted by Gasteiger charge is -2.46. The summed E-state index contributed by atoms with van der Waals surface area (Å²) in [5.74, 6) is 1.10. The van der Waals surface area contributed by atoms with Crippen molar-refractivity contribution in [1.82, 2.24) is 4.90 Å². The molecular weight excluding hydrogens is 967 g/mol. The Hall–Kier alpha value is -7.36. The number of hydrogen-bond donors (Lipinski definition) is 2. The summed E-state index contributed by atoms with van der Waals surface area (Å²) >= 11 is 0. The number of nitrogens with two attached hydrogens (primary N) is 1. The van der Waals surface area contributed by atoms with Gasteiger partial charge in [0.15, 0.2) is 0 Å². The molecule has 6 aromatic carbocycles. The molecule has 0 spiro atoms. The number of hydrogen-bond acceptors (Lipinski definition) is 3. The standard InChI is InChI=1S/C40H43N.C29H33N.C8H17N/c1-6-29-39(4,35-15-11-8-12-16-35)41-38-27-21-34(22-28-38)33-19-25-37(26-20-33)40(5,30(2)3)36-23-17-32(18-24-36)31-13-9-7-10-14-31;1-4-29(3,26-21-19-25(20-22-26)24-17-15-23(2)16-18-24)30(27-11-7-5-8-12-27)28-13-9-6-10-14-28;1-7(2)8(3,4)5-6-9/h6-7,9-11,13-30,41H,8,12H2,1-5H3;5,7,9,11,13-22H,4,6,8,10,12H2,1-3H3;5-7H,9H2,1-4H3. The van der Waals surface area contributed by atoms with Gasteiger partial charge in [0.2, 0.25) is 0 Å². The van der Waals surface area contributed by atoms with E-state index in [-0.39, 0.29) is 21.9 Å². The van der Waals surface area contributed by atoms with Gasteiger partial charge in [0.25, 0.3) is 0 Å². The van der Waals surface area contributed by atoms with E-state index in [9.17, 15) is 0 Å². The van der Waals surface area contributed by atoms with Crippen molar-refractivity contribution >= 4 is 5.69 Å². The summed E-state index contributed by atoms with van der Waals surface area (Å²) in [5.41, 5.74) is 23.2. The third-order valence-electron chi connectivity index (χ3n) is 17.5. The molecule has 3 unspecified atom stereocenters. The van der Waals surface area contributed by atoms with E-state index in [1.54, 1.807) is 6.20 Å². The Balaban J connectivity index is 0.000000207. The van der Waals surface area contributed by atoms with E-state index < -0.39 is 0 Å². The summed E-state index contributed by atoms with van der Waals surface area (Å²) in [6.45, 7) is 27.0. The van der Waals surface area contributed by atoms with Gasteiger partial charge in [-0.05, 0) is 176 Å². The maximum absolute atomic E-state index is 5.27. The SMILES string of the molecule is CC(C)C(C)(C)C=CN.CC=CC(C)(Nc1ccc(-c2ccc(C(C)(c3ccc(-c4ccccc4)cc3)C(C)C)cc2)cc1)C1=CCCC=C1.CCC(C)(c1ccc(-c2ccc(C)cc2)cc1)N(C1=CCCC=C1)C1=CC=CCC1. The third-order valence-corrected chi connectivity index (χ3v) is 17.5. The summed E-state index contributed by atoms with van der Waals surface area (Å²) in [7, 11) is 0. The van der Waals surface area contributed by atoms with Crippen molar-refractivity contribution in [2.75, 3.05) is 5.32 Å². The maximum Gasteiger partial charge on any atom is 0.0777 e. The fraction of sp³-hybridized carbons (Fsp3) is 0.325. The van der Waals surface area contributed by atoms with Crippen LogP contribution < -0.4 is 11.1 Å². The van der Waals surface area contributed by atoms with Crippen LogP contribution in [0.25, 0.3) is 33.4 Å². The predicted molar refractivity (Wildman–Crippen MR) is 349 cm³/mol. The molecule has 0 aromatic heterocycles. The van der Waals surface area contributed by atoms with Crippen LogP contribution >= 0.6 is 0 Å². The quantitative estimate of drug-likeness (QED) is 0.0895. The normalized spacial score (nSPS) is 16.6. The van der Waals surface area contributed by atoms with Crippen molar-refractivity contribution in [2.45, 2.75) is 145 Å². The number of nitrogens with one attached hydrogen (secondary N) is 1. The van der Waals surface area contributed by atoms with Crippen LogP contribution in [-0.2, 0) is 11.0 Å². The summed E-state index contributed by atoms with van der Waals surface area (Å²) in [6.07, 6.45) is 36.5. The van der Waals surface area contributed by atoms with E-state index in [2.05, 4.69) is 312 Å². The van der Waals surface area contributed by atoms with E-state index in [0.717, 1.165) is 50.6 Å². The summed E-state index contributed by atoms with van der Waals surface area (Å²) in [6, 6.07) is 55.8. The molecule has 3 N–H and O–H groups in total. The highest BCUT2D eigenvalue weighted by Gasteiger charge is 2.36. The number of allylic oxidation sites excluding steroid dienone is 11. The van der Waals surface area contributed by atoms with Crippen LogP contribution in [0.3, 0.4) is 0 Å². The van der Waals surface area contributed by atoms with Crippen LogP contribution in [0, 0.1) is 24.2 Å². The number of aryl methyl sites for hydroxylation is 1. The fourth-order valence-corrected chi connectivity index (χ4v) is 11.1. The van der Waals surface area contributed by atoms with Crippen LogP contribution in [-0.4, -0.2) is 10.4 Å². The molecule has 9 rings (SSSR count). The Morgan fingerprint density at radius 1 is 0.550 bits per heavy atom. The minimum atomic E-state index is -0.227. The second kappa shape index (κ2) is 27.7. The van der Waals surface area contributed by atoms with Crippen molar-refractivity contribution < 1.29 is 0 Å². The van der Waals surface area contributed by atoms with Gasteiger partial charge in [-0.15, -0.1) is 0 Å². The molecule has 0 fully saturated rings. The summed E-state index contributed by atoms with van der Waals surface area (Å²) in [4.78, 5) is 2.60. The zero-order valence-corrected chi connectivity index (χ0v) is 50.6. The highest BCUT2D eigenvalue weighted by molar-refractivity contribution is 5.69. The Labute approximate surface area is 484 Å². The first-order valence-electron chi connectivity index (χ1n) is 29.7. The molecule has 0 heterocycles. The highest BCUT2D eigenvalue weighted by Crippen LogP contribution is 2.43. The fourth-order valence-electron chi connectivity index (χ4n) is 11.1. The lowest BCUT2D eigenvalue weighted by molar-refractivity contribution is 0.183. The molecule has 0 saturated heterocycles. The zero-order chi connectivity index (χ0) is 57.3. The van der Waals surface area contributed by atoms with Gasteiger partial charge >= 0.3 is 0 Å². The van der Waals surface area contributed by atoms with Crippen LogP contribution in [0.1, 0.15) is 143 Å². The van der Waals surface area contributed by atoms with Crippen molar-refractivity contribution in [1.29, 1.82) is 0 Å². The minimum Gasteiger partial charge on any atom is -0.405 e. The van der Waals surface area contributed by atoms with E-state index in [4.69, 9.17) is 5.73 Å². The number of nitrogens with zero attached hydrogens (tertiary/aromatic N) is 1. The number of rotatable bonds is 17. The third kappa shape index (κ3) is 14.7. The zero-order valence-electron chi connectivity index (χ0n) is 50.6. The average Bonchev–Trinajstić information content (AvgIpc) is 3.50. The molecule has 3 atom stereocenters. The van der Waals surface area contributed by atoms with Gasteiger partial charge < -0.3 is 16.0 Å². The molecular formula is C77H93N3. The number of benzene rings is 6. The molecule has 80 heavy (non-hydrogen) atoms. The largest absolute Gasteiger partial charge is 0.405 e. The molecule has 0 saturated carbocycles. The van der Waals surface area contributed by atoms with Gasteiger partial charge in [0, 0.05) is 22.5 Å². The molecule has 6 aromatic rings. The van der Waals surface area contributed by atoms with Crippen LogP contribution in [0.2, 0.25) is 0 Å². The second-order valence-corrected chi connectivity index (χ2v) is 23.9.